The molecular weight excluding hydrogens is 280 g/mol. The van der Waals surface area contributed by atoms with E-state index in [2.05, 4.69) is 12.1 Å². The van der Waals surface area contributed by atoms with Crippen LogP contribution in [0.2, 0.25) is 0 Å². The van der Waals surface area contributed by atoms with Crippen LogP contribution in [-0.4, -0.2) is 20.0 Å². The van der Waals surface area contributed by atoms with Gasteiger partial charge in [-0.05, 0) is 12.0 Å². The Balaban J connectivity index is 1.65. The van der Waals surface area contributed by atoms with Gasteiger partial charge in [0.05, 0.1) is 19.6 Å². The molecule has 0 bridgehead atoms. The molecule has 0 aromatic heterocycles. The highest BCUT2D eigenvalue weighted by atomic mass is 16.7. The normalized spacial score (nSPS) is 21.9. The molecule has 0 N–H and O–H groups in total. The quantitative estimate of drug-likeness (QED) is 0.865. The van der Waals surface area contributed by atoms with Crippen LogP contribution in [0.3, 0.4) is 0 Å². The number of rotatable bonds is 4. The largest absolute Gasteiger partial charge is 0.496 e. The first-order chi connectivity index (χ1) is 10.8. The Morgan fingerprint density at radius 3 is 2.86 bits per heavy atom. The lowest BCUT2D eigenvalue weighted by Crippen LogP contribution is -2.13. The second-order valence-corrected chi connectivity index (χ2v) is 5.56. The predicted molar refractivity (Wildman–Crippen MR) is 81.5 cm³/mol. The molecule has 0 amide bonds. The third-order valence-corrected chi connectivity index (χ3v) is 4.20. The molecule has 2 aromatic carbocycles. The number of fused-ring (bicyclic) bond motifs is 3. The maximum atomic E-state index is 6.07. The lowest BCUT2D eigenvalue weighted by Gasteiger charge is -2.14. The summed E-state index contributed by atoms with van der Waals surface area (Å²) in [6.07, 6.45) is 0.785. The van der Waals surface area contributed by atoms with Crippen molar-refractivity contribution >= 4 is 0 Å². The summed E-state index contributed by atoms with van der Waals surface area (Å²) in [6.45, 7) is 1.26. The van der Waals surface area contributed by atoms with Crippen molar-refractivity contribution in [2.75, 3.05) is 13.7 Å². The van der Waals surface area contributed by atoms with Gasteiger partial charge in [0.1, 0.15) is 23.9 Å². The van der Waals surface area contributed by atoms with E-state index in [1.54, 1.807) is 7.11 Å². The molecule has 0 spiro atoms. The molecule has 2 aliphatic heterocycles. The fourth-order valence-corrected chi connectivity index (χ4v) is 3.10. The Labute approximate surface area is 129 Å². The Morgan fingerprint density at radius 2 is 2.05 bits per heavy atom. The first kappa shape index (κ1) is 13.5. The second-order valence-electron chi connectivity index (χ2n) is 5.56. The van der Waals surface area contributed by atoms with E-state index in [0.717, 1.165) is 41.4 Å². The van der Waals surface area contributed by atoms with Crippen molar-refractivity contribution in [2.24, 2.45) is 0 Å². The summed E-state index contributed by atoms with van der Waals surface area (Å²) in [7, 11) is 1.65. The fraction of sp³-hybridized carbons (Fsp3) is 0.333. The summed E-state index contributed by atoms with van der Waals surface area (Å²) in [6, 6.07) is 14.0. The highest BCUT2D eigenvalue weighted by Gasteiger charge is 2.42. The number of hydrogen-bond donors (Lipinski definition) is 0. The Hall–Kier alpha value is -2.20. The summed E-state index contributed by atoms with van der Waals surface area (Å²) in [5.41, 5.74) is 2.25. The van der Waals surface area contributed by atoms with Gasteiger partial charge < -0.3 is 18.9 Å². The maximum Gasteiger partial charge on any atom is 0.207 e. The highest BCUT2D eigenvalue weighted by molar-refractivity contribution is 5.55. The molecule has 0 unspecified atom stereocenters. The average molecular weight is 298 g/mol. The van der Waals surface area contributed by atoms with Crippen LogP contribution >= 0.6 is 0 Å². The topological polar surface area (TPSA) is 36.9 Å². The highest BCUT2D eigenvalue weighted by Crippen LogP contribution is 2.50. The first-order valence-corrected chi connectivity index (χ1v) is 7.52. The minimum Gasteiger partial charge on any atom is -0.496 e. The van der Waals surface area contributed by atoms with Crippen LogP contribution in [0.4, 0.5) is 0 Å². The maximum absolute atomic E-state index is 6.07. The number of methoxy groups -OCH3 is 1. The van der Waals surface area contributed by atoms with Gasteiger partial charge in [-0.15, -0.1) is 0 Å². The van der Waals surface area contributed by atoms with Crippen molar-refractivity contribution in [1.82, 2.24) is 0 Å². The first-order valence-electron chi connectivity index (χ1n) is 7.52. The molecular formula is C18H18O4. The van der Waals surface area contributed by atoms with E-state index in [4.69, 9.17) is 18.9 Å². The van der Waals surface area contributed by atoms with Gasteiger partial charge in [0, 0.05) is 17.7 Å². The van der Waals surface area contributed by atoms with Crippen LogP contribution in [0, 0.1) is 0 Å². The van der Waals surface area contributed by atoms with Crippen molar-refractivity contribution in [3.05, 3.63) is 53.6 Å². The van der Waals surface area contributed by atoms with E-state index >= 15 is 0 Å². The van der Waals surface area contributed by atoms with Crippen LogP contribution in [0.1, 0.15) is 23.5 Å². The van der Waals surface area contributed by atoms with Crippen LogP contribution in [-0.2, 0) is 11.3 Å². The molecule has 4 rings (SSSR count). The standard InChI is InChI=1S/C18H18O4/c1-19-13-9-15(21-11-12-5-3-2-4-6-12)17-14-7-8-20-18(14)22-16(17)10-13/h2-6,9-10,14,18H,7-8,11H2,1H3/t14-,18+/m1/s1. The molecule has 2 aliphatic rings. The van der Waals surface area contributed by atoms with Gasteiger partial charge in [-0.1, -0.05) is 30.3 Å². The van der Waals surface area contributed by atoms with Gasteiger partial charge in [-0.25, -0.2) is 0 Å². The lowest BCUT2D eigenvalue weighted by molar-refractivity contribution is -0.0338. The molecule has 1 fully saturated rings. The van der Waals surface area contributed by atoms with E-state index in [-0.39, 0.29) is 12.2 Å². The zero-order valence-corrected chi connectivity index (χ0v) is 12.5. The molecule has 0 aliphatic carbocycles. The molecule has 2 aromatic rings. The Bertz CT molecular complexity index is 668. The van der Waals surface area contributed by atoms with E-state index in [0.29, 0.717) is 6.61 Å². The van der Waals surface area contributed by atoms with Crippen molar-refractivity contribution in [3.63, 3.8) is 0 Å². The van der Waals surface area contributed by atoms with Crippen molar-refractivity contribution < 1.29 is 18.9 Å². The summed E-state index contributed by atoms with van der Waals surface area (Å²) in [5, 5.41) is 0. The van der Waals surface area contributed by atoms with Gasteiger partial charge in [0.15, 0.2) is 0 Å². The third kappa shape index (κ3) is 2.29. The van der Waals surface area contributed by atoms with Crippen molar-refractivity contribution in [1.29, 1.82) is 0 Å². The third-order valence-electron chi connectivity index (χ3n) is 4.20. The molecule has 114 valence electrons. The van der Waals surface area contributed by atoms with Crippen LogP contribution in [0.25, 0.3) is 0 Å². The van der Waals surface area contributed by atoms with E-state index in [1.807, 2.05) is 30.3 Å². The smallest absolute Gasteiger partial charge is 0.207 e. The van der Waals surface area contributed by atoms with E-state index in [9.17, 15) is 0 Å². The van der Waals surface area contributed by atoms with Gasteiger partial charge in [-0.3, -0.25) is 0 Å². The monoisotopic (exact) mass is 298 g/mol. The van der Waals surface area contributed by atoms with Crippen molar-refractivity contribution in [2.45, 2.75) is 25.2 Å². The summed E-state index contributed by atoms with van der Waals surface area (Å²) in [5.74, 6) is 2.64. The Kier molecular flexibility index (Phi) is 3.39. The SMILES string of the molecule is COc1cc(OCc2ccccc2)c2c(c1)O[C@@H]1OCC[C@H]21. The molecule has 2 heterocycles. The molecule has 1 saturated heterocycles. The molecule has 22 heavy (non-hydrogen) atoms. The summed E-state index contributed by atoms with van der Waals surface area (Å²) in [4.78, 5) is 0. The predicted octanol–water partition coefficient (Wildman–Crippen LogP) is 3.50. The summed E-state index contributed by atoms with van der Waals surface area (Å²) >= 11 is 0. The van der Waals surface area contributed by atoms with Gasteiger partial charge in [0.25, 0.3) is 0 Å². The number of hydrogen-bond acceptors (Lipinski definition) is 4. The van der Waals surface area contributed by atoms with Gasteiger partial charge >= 0.3 is 0 Å². The Morgan fingerprint density at radius 1 is 1.18 bits per heavy atom. The molecule has 0 radical (unpaired) electrons. The van der Waals surface area contributed by atoms with Gasteiger partial charge in [0.2, 0.25) is 6.29 Å². The number of benzene rings is 2. The lowest BCUT2D eigenvalue weighted by atomic mass is 9.97. The van der Waals surface area contributed by atoms with Gasteiger partial charge in [-0.2, -0.15) is 0 Å². The number of ether oxygens (including phenoxy) is 4. The molecule has 4 nitrogen and oxygen atoms in total. The summed E-state index contributed by atoms with van der Waals surface area (Å²) < 4.78 is 22.9. The van der Waals surface area contributed by atoms with Crippen LogP contribution in [0.5, 0.6) is 17.2 Å². The van der Waals surface area contributed by atoms with E-state index < -0.39 is 0 Å². The molecule has 2 atom stereocenters. The van der Waals surface area contributed by atoms with Crippen LogP contribution in [0.15, 0.2) is 42.5 Å². The zero-order valence-electron chi connectivity index (χ0n) is 12.5. The van der Waals surface area contributed by atoms with E-state index in [1.165, 1.54) is 0 Å². The fourth-order valence-electron chi connectivity index (χ4n) is 3.10. The van der Waals surface area contributed by atoms with Crippen molar-refractivity contribution in [3.8, 4) is 17.2 Å². The minimum absolute atomic E-state index is 0.179. The molecule has 4 heteroatoms. The van der Waals surface area contributed by atoms with Crippen LogP contribution < -0.4 is 14.2 Å². The zero-order chi connectivity index (χ0) is 14.9. The minimum atomic E-state index is -0.179. The molecule has 0 saturated carbocycles. The average Bonchev–Trinajstić information content (AvgIpc) is 3.13. The second kappa shape index (κ2) is 5.54.